The summed E-state index contributed by atoms with van der Waals surface area (Å²) in [5.74, 6) is -1.73. The van der Waals surface area contributed by atoms with E-state index < -0.39 is 17.6 Å². The predicted molar refractivity (Wildman–Crippen MR) is 68.4 cm³/mol. The molecule has 0 aliphatic carbocycles. The molecular formula is C14H14F2N2O2. The first kappa shape index (κ1) is 14.2. The van der Waals surface area contributed by atoms with E-state index in [9.17, 15) is 13.6 Å². The fraction of sp³-hybridized carbons (Fsp3) is 0.286. The van der Waals surface area contributed by atoms with Crippen LogP contribution >= 0.6 is 0 Å². The molecule has 0 N–H and O–H groups in total. The fourth-order valence-corrected chi connectivity index (χ4v) is 1.83. The lowest BCUT2D eigenvalue weighted by Gasteiger charge is -2.07. The highest BCUT2D eigenvalue weighted by molar-refractivity contribution is 5.90. The Morgan fingerprint density at radius 2 is 2.15 bits per heavy atom. The largest absolute Gasteiger partial charge is 0.462 e. The van der Waals surface area contributed by atoms with E-state index in [0.29, 0.717) is 16.8 Å². The highest BCUT2D eigenvalue weighted by Gasteiger charge is 2.16. The first-order valence-corrected chi connectivity index (χ1v) is 6.16. The molecule has 0 aliphatic heterocycles. The molecule has 0 spiro atoms. The first-order valence-electron chi connectivity index (χ1n) is 6.16. The highest BCUT2D eigenvalue weighted by atomic mass is 19.1. The summed E-state index contributed by atoms with van der Waals surface area (Å²) in [6.45, 7) is 3.81. The molecule has 4 nitrogen and oxygen atoms in total. The molecule has 0 saturated heterocycles. The maximum atomic E-state index is 13.6. The third-order valence-electron chi connectivity index (χ3n) is 2.93. The van der Waals surface area contributed by atoms with E-state index in [-0.39, 0.29) is 13.2 Å². The van der Waals surface area contributed by atoms with Gasteiger partial charge in [-0.3, -0.25) is 4.68 Å². The zero-order valence-electron chi connectivity index (χ0n) is 11.2. The summed E-state index contributed by atoms with van der Waals surface area (Å²) in [4.78, 5) is 11.6. The van der Waals surface area contributed by atoms with Crippen molar-refractivity contribution in [2.24, 2.45) is 0 Å². The lowest BCUT2D eigenvalue weighted by Crippen LogP contribution is -2.09. The Morgan fingerprint density at radius 3 is 2.80 bits per heavy atom. The van der Waals surface area contributed by atoms with Crippen LogP contribution < -0.4 is 0 Å². The number of esters is 1. The van der Waals surface area contributed by atoms with Crippen molar-refractivity contribution in [2.75, 3.05) is 6.61 Å². The van der Waals surface area contributed by atoms with Crippen molar-refractivity contribution in [3.8, 4) is 0 Å². The van der Waals surface area contributed by atoms with Crippen LogP contribution in [0.2, 0.25) is 0 Å². The summed E-state index contributed by atoms with van der Waals surface area (Å²) < 4.78 is 32.8. The van der Waals surface area contributed by atoms with Crippen LogP contribution in [0.25, 0.3) is 0 Å². The van der Waals surface area contributed by atoms with Crippen LogP contribution in [-0.4, -0.2) is 22.4 Å². The van der Waals surface area contributed by atoms with Gasteiger partial charge < -0.3 is 4.74 Å². The molecule has 106 valence electrons. The molecule has 2 rings (SSSR count). The Balaban J connectivity index is 2.24. The van der Waals surface area contributed by atoms with Crippen molar-refractivity contribution in [1.82, 2.24) is 9.78 Å². The second kappa shape index (κ2) is 5.81. The van der Waals surface area contributed by atoms with Gasteiger partial charge in [-0.05, 0) is 19.9 Å². The molecule has 0 aliphatic rings. The average Bonchev–Trinajstić information content (AvgIpc) is 2.75. The van der Waals surface area contributed by atoms with Crippen molar-refractivity contribution in [3.05, 3.63) is 52.9 Å². The summed E-state index contributed by atoms with van der Waals surface area (Å²) in [6, 6.07) is 3.36. The minimum atomic E-state index is -0.641. The van der Waals surface area contributed by atoms with Crippen LogP contribution in [0, 0.1) is 18.6 Å². The van der Waals surface area contributed by atoms with E-state index in [2.05, 4.69) is 5.10 Å². The standard InChI is InChI=1S/C14H14F2N2O2/c1-3-20-14(19)12-7-17-18(9(12)2)8-10-4-5-11(15)6-13(10)16/h4-7H,3,8H2,1-2H3. The van der Waals surface area contributed by atoms with Crippen molar-refractivity contribution in [1.29, 1.82) is 0 Å². The van der Waals surface area contributed by atoms with Gasteiger partial charge in [0.2, 0.25) is 0 Å². The first-order chi connectivity index (χ1) is 9.52. The van der Waals surface area contributed by atoms with E-state index in [1.54, 1.807) is 13.8 Å². The number of benzene rings is 1. The van der Waals surface area contributed by atoms with Gasteiger partial charge in [-0.2, -0.15) is 5.10 Å². The normalized spacial score (nSPS) is 10.6. The number of hydrogen-bond donors (Lipinski definition) is 0. The van der Waals surface area contributed by atoms with E-state index in [1.807, 2.05) is 0 Å². The van der Waals surface area contributed by atoms with Crippen LogP contribution in [0.15, 0.2) is 24.4 Å². The Hall–Kier alpha value is -2.24. The molecule has 0 fully saturated rings. The number of halogens is 2. The van der Waals surface area contributed by atoms with Gasteiger partial charge in [-0.15, -0.1) is 0 Å². The minimum absolute atomic E-state index is 0.122. The van der Waals surface area contributed by atoms with Gasteiger partial charge in [-0.1, -0.05) is 6.07 Å². The SMILES string of the molecule is CCOC(=O)c1cnn(Cc2ccc(F)cc2F)c1C. The van der Waals surface area contributed by atoms with Gasteiger partial charge in [0.1, 0.15) is 17.2 Å². The quantitative estimate of drug-likeness (QED) is 0.809. The maximum Gasteiger partial charge on any atom is 0.341 e. The number of aromatic nitrogens is 2. The van der Waals surface area contributed by atoms with E-state index in [1.165, 1.54) is 23.0 Å². The molecule has 0 atom stereocenters. The van der Waals surface area contributed by atoms with Crippen molar-refractivity contribution in [2.45, 2.75) is 20.4 Å². The number of hydrogen-bond acceptors (Lipinski definition) is 3. The van der Waals surface area contributed by atoms with Crippen molar-refractivity contribution >= 4 is 5.97 Å². The molecule has 1 aromatic heterocycles. The third-order valence-corrected chi connectivity index (χ3v) is 2.93. The second-order valence-corrected chi connectivity index (χ2v) is 4.26. The molecule has 0 unspecified atom stereocenters. The van der Waals surface area contributed by atoms with Crippen LogP contribution in [0.3, 0.4) is 0 Å². The van der Waals surface area contributed by atoms with Gasteiger partial charge in [0.25, 0.3) is 0 Å². The van der Waals surface area contributed by atoms with E-state index in [0.717, 1.165) is 6.07 Å². The van der Waals surface area contributed by atoms with Gasteiger partial charge in [-0.25, -0.2) is 13.6 Å². The van der Waals surface area contributed by atoms with E-state index in [4.69, 9.17) is 4.74 Å². The number of carbonyl (C=O) groups is 1. The van der Waals surface area contributed by atoms with Gasteiger partial charge in [0.05, 0.1) is 25.0 Å². The topological polar surface area (TPSA) is 44.1 Å². The Labute approximate surface area is 115 Å². The monoisotopic (exact) mass is 280 g/mol. The molecule has 6 heteroatoms. The lowest BCUT2D eigenvalue weighted by atomic mass is 10.2. The molecular weight excluding hydrogens is 266 g/mol. The number of rotatable bonds is 4. The number of ether oxygens (including phenoxy) is 1. The van der Waals surface area contributed by atoms with E-state index >= 15 is 0 Å². The molecule has 0 saturated carbocycles. The Kier molecular flexibility index (Phi) is 4.12. The number of nitrogens with zero attached hydrogens (tertiary/aromatic N) is 2. The molecule has 0 amide bonds. The molecule has 20 heavy (non-hydrogen) atoms. The van der Waals surface area contributed by atoms with Crippen LogP contribution in [0.5, 0.6) is 0 Å². The highest BCUT2D eigenvalue weighted by Crippen LogP contribution is 2.14. The minimum Gasteiger partial charge on any atom is -0.462 e. The summed E-state index contributed by atoms with van der Waals surface area (Å²) in [5, 5.41) is 4.03. The second-order valence-electron chi connectivity index (χ2n) is 4.26. The predicted octanol–water partition coefficient (Wildman–Crippen LogP) is 2.69. The smallest absolute Gasteiger partial charge is 0.341 e. The Bertz CT molecular complexity index is 638. The van der Waals surface area contributed by atoms with Crippen LogP contribution in [0.4, 0.5) is 8.78 Å². The number of carbonyl (C=O) groups excluding carboxylic acids is 1. The molecule has 1 heterocycles. The van der Waals surface area contributed by atoms with Gasteiger partial charge in [0, 0.05) is 11.6 Å². The summed E-state index contributed by atoms with van der Waals surface area (Å²) in [6.07, 6.45) is 1.38. The zero-order chi connectivity index (χ0) is 14.7. The summed E-state index contributed by atoms with van der Waals surface area (Å²) in [5.41, 5.74) is 1.22. The third kappa shape index (κ3) is 2.84. The fourth-order valence-electron chi connectivity index (χ4n) is 1.83. The van der Waals surface area contributed by atoms with Gasteiger partial charge >= 0.3 is 5.97 Å². The maximum absolute atomic E-state index is 13.6. The average molecular weight is 280 g/mol. The zero-order valence-corrected chi connectivity index (χ0v) is 11.2. The van der Waals surface area contributed by atoms with Gasteiger partial charge in [0.15, 0.2) is 0 Å². The molecule has 0 bridgehead atoms. The van der Waals surface area contributed by atoms with Crippen LogP contribution in [-0.2, 0) is 11.3 Å². The molecule has 2 aromatic rings. The van der Waals surface area contributed by atoms with Crippen molar-refractivity contribution in [3.63, 3.8) is 0 Å². The van der Waals surface area contributed by atoms with Crippen LogP contribution in [0.1, 0.15) is 28.5 Å². The van der Waals surface area contributed by atoms with Crippen molar-refractivity contribution < 1.29 is 18.3 Å². The molecule has 0 radical (unpaired) electrons. The lowest BCUT2D eigenvalue weighted by molar-refractivity contribution is 0.0525. The Morgan fingerprint density at radius 1 is 1.40 bits per heavy atom. The molecule has 1 aromatic carbocycles. The summed E-state index contributed by atoms with van der Waals surface area (Å²) >= 11 is 0. The summed E-state index contributed by atoms with van der Waals surface area (Å²) in [7, 11) is 0.